The third-order valence-corrected chi connectivity index (χ3v) is 4.06. The molecule has 0 saturated heterocycles. The van der Waals surface area contributed by atoms with Gasteiger partial charge in [0.1, 0.15) is 5.75 Å². The second kappa shape index (κ2) is 7.20. The van der Waals surface area contributed by atoms with Crippen LogP contribution in [0, 0.1) is 0 Å². The fourth-order valence-electron chi connectivity index (χ4n) is 1.59. The Morgan fingerprint density at radius 3 is 2.65 bits per heavy atom. The molecular formula is C14H17N2O3P. The normalized spacial score (nSPS) is 13.7. The zero-order chi connectivity index (χ0) is 14.3. The molecule has 1 aromatic heterocycles. The summed E-state index contributed by atoms with van der Waals surface area (Å²) >= 11 is 0. The van der Waals surface area contributed by atoms with Crippen LogP contribution in [0.2, 0.25) is 0 Å². The minimum Gasteiger partial charge on any atom is -0.413 e. The summed E-state index contributed by atoms with van der Waals surface area (Å²) in [5.41, 5.74) is 0.907. The van der Waals surface area contributed by atoms with Crippen LogP contribution in [0.5, 0.6) is 5.75 Å². The van der Waals surface area contributed by atoms with E-state index in [0.717, 1.165) is 5.56 Å². The van der Waals surface area contributed by atoms with Gasteiger partial charge in [0.15, 0.2) is 0 Å². The number of rotatable bonds is 7. The zero-order valence-electron chi connectivity index (χ0n) is 11.2. The number of pyridine rings is 1. The molecule has 0 spiro atoms. The summed E-state index contributed by atoms with van der Waals surface area (Å²) in [5.74, 6) is 0.503. The van der Waals surface area contributed by atoms with E-state index in [-0.39, 0.29) is 0 Å². The maximum absolute atomic E-state index is 12.6. The van der Waals surface area contributed by atoms with Crippen LogP contribution < -0.4 is 9.61 Å². The van der Waals surface area contributed by atoms with E-state index < -0.39 is 7.75 Å². The summed E-state index contributed by atoms with van der Waals surface area (Å²) in [4.78, 5) is 4.00. The minimum absolute atomic E-state index is 0.296. The van der Waals surface area contributed by atoms with E-state index in [1.165, 1.54) is 0 Å². The van der Waals surface area contributed by atoms with Crippen LogP contribution in [0.15, 0.2) is 54.9 Å². The molecule has 0 aliphatic carbocycles. The first kappa shape index (κ1) is 14.7. The van der Waals surface area contributed by atoms with Gasteiger partial charge in [0.25, 0.3) is 0 Å². The number of benzene rings is 1. The van der Waals surface area contributed by atoms with Crippen LogP contribution in [0.3, 0.4) is 0 Å². The summed E-state index contributed by atoms with van der Waals surface area (Å²) in [6.07, 6.45) is 3.39. The smallest absolute Gasteiger partial charge is 0.413 e. The molecule has 5 nitrogen and oxygen atoms in total. The van der Waals surface area contributed by atoms with Crippen molar-refractivity contribution in [2.75, 3.05) is 6.61 Å². The monoisotopic (exact) mass is 292 g/mol. The highest BCUT2D eigenvalue weighted by Gasteiger charge is 2.25. The molecule has 1 atom stereocenters. The average molecular weight is 292 g/mol. The van der Waals surface area contributed by atoms with Crippen molar-refractivity contribution in [3.8, 4) is 5.75 Å². The highest BCUT2D eigenvalue weighted by Crippen LogP contribution is 2.44. The van der Waals surface area contributed by atoms with Crippen LogP contribution in [0.1, 0.15) is 12.5 Å². The van der Waals surface area contributed by atoms with E-state index in [0.29, 0.717) is 18.9 Å². The Balaban J connectivity index is 2.03. The van der Waals surface area contributed by atoms with Gasteiger partial charge in [-0.2, -0.15) is 0 Å². The molecule has 0 radical (unpaired) electrons. The first-order valence-corrected chi connectivity index (χ1v) is 7.89. The molecule has 0 amide bonds. The quantitative estimate of drug-likeness (QED) is 0.793. The van der Waals surface area contributed by atoms with Gasteiger partial charge in [-0.25, -0.2) is 9.65 Å². The Kier molecular flexibility index (Phi) is 5.30. The lowest BCUT2D eigenvalue weighted by Crippen LogP contribution is -2.16. The van der Waals surface area contributed by atoms with Crippen LogP contribution in [0.25, 0.3) is 0 Å². The molecule has 106 valence electrons. The van der Waals surface area contributed by atoms with Gasteiger partial charge in [-0.3, -0.25) is 9.51 Å². The molecule has 1 aromatic carbocycles. The van der Waals surface area contributed by atoms with Crippen LogP contribution in [-0.2, 0) is 15.6 Å². The average Bonchev–Trinajstić information content (AvgIpc) is 2.48. The first-order chi connectivity index (χ1) is 9.72. The maximum Gasteiger partial charge on any atom is 0.459 e. The number of hydrogen-bond acceptors (Lipinski definition) is 4. The Morgan fingerprint density at radius 2 is 2.00 bits per heavy atom. The van der Waals surface area contributed by atoms with Crippen LogP contribution in [0.4, 0.5) is 0 Å². The number of hydrogen-bond donors (Lipinski definition) is 1. The van der Waals surface area contributed by atoms with Gasteiger partial charge in [-0.05, 0) is 30.7 Å². The lowest BCUT2D eigenvalue weighted by atomic mass is 10.3. The molecule has 1 N–H and O–H groups in total. The van der Waals surface area contributed by atoms with Gasteiger partial charge in [-0.15, -0.1) is 0 Å². The molecule has 0 aliphatic rings. The first-order valence-electron chi connectivity index (χ1n) is 6.35. The number of aromatic nitrogens is 1. The molecule has 0 fully saturated rings. The summed E-state index contributed by atoms with van der Waals surface area (Å²) in [5, 5.41) is 2.83. The number of nitrogens with zero attached hydrogens (tertiary/aromatic N) is 1. The van der Waals surface area contributed by atoms with Crippen molar-refractivity contribution < 1.29 is 13.6 Å². The van der Waals surface area contributed by atoms with Crippen molar-refractivity contribution in [2.24, 2.45) is 0 Å². The molecular weight excluding hydrogens is 275 g/mol. The zero-order valence-corrected chi connectivity index (χ0v) is 12.1. The Morgan fingerprint density at radius 1 is 1.20 bits per heavy atom. The van der Waals surface area contributed by atoms with Gasteiger partial charge in [0.2, 0.25) is 0 Å². The third kappa shape index (κ3) is 4.46. The second-order valence-electron chi connectivity index (χ2n) is 4.02. The van der Waals surface area contributed by atoms with E-state index in [9.17, 15) is 4.57 Å². The van der Waals surface area contributed by atoms with E-state index in [1.807, 2.05) is 30.3 Å². The second-order valence-corrected chi connectivity index (χ2v) is 5.77. The molecule has 0 saturated carbocycles. The van der Waals surface area contributed by atoms with Gasteiger partial charge in [0, 0.05) is 18.9 Å². The maximum atomic E-state index is 12.6. The van der Waals surface area contributed by atoms with Crippen molar-refractivity contribution in [3.63, 3.8) is 0 Å². The fraction of sp³-hybridized carbons (Fsp3) is 0.214. The van der Waals surface area contributed by atoms with Crippen molar-refractivity contribution in [1.82, 2.24) is 10.1 Å². The topological polar surface area (TPSA) is 60.5 Å². The van der Waals surface area contributed by atoms with Crippen LogP contribution >= 0.6 is 7.75 Å². The molecule has 2 rings (SSSR count). The highest BCUT2D eigenvalue weighted by molar-refractivity contribution is 7.52. The molecule has 20 heavy (non-hydrogen) atoms. The van der Waals surface area contributed by atoms with E-state index >= 15 is 0 Å². The van der Waals surface area contributed by atoms with Crippen molar-refractivity contribution in [1.29, 1.82) is 0 Å². The Labute approximate surface area is 118 Å². The lowest BCUT2D eigenvalue weighted by molar-refractivity contribution is 0.268. The number of para-hydroxylation sites is 1. The molecule has 1 heterocycles. The van der Waals surface area contributed by atoms with Gasteiger partial charge >= 0.3 is 7.75 Å². The van der Waals surface area contributed by atoms with Crippen molar-refractivity contribution in [2.45, 2.75) is 13.5 Å². The Hall–Kier alpha value is -1.68. The molecule has 6 heteroatoms. The molecule has 1 unspecified atom stereocenters. The molecule has 2 aromatic rings. The largest absolute Gasteiger partial charge is 0.459 e. The lowest BCUT2D eigenvalue weighted by Gasteiger charge is -2.19. The third-order valence-electron chi connectivity index (χ3n) is 2.47. The predicted octanol–water partition coefficient (Wildman–Crippen LogP) is 3.39. The minimum atomic E-state index is -3.38. The summed E-state index contributed by atoms with van der Waals surface area (Å²) in [7, 11) is -3.38. The standard InChI is InChI=1S/C14H17N2O3P/c1-2-18-20(17,19-14-8-4-3-5-9-14)16-12-13-7-6-10-15-11-13/h3-11H,2,12H2,1H3,(H,16,17). The van der Waals surface area contributed by atoms with Gasteiger partial charge < -0.3 is 4.52 Å². The van der Waals surface area contributed by atoms with E-state index in [2.05, 4.69) is 10.1 Å². The van der Waals surface area contributed by atoms with Crippen molar-refractivity contribution >= 4 is 7.75 Å². The predicted molar refractivity (Wildman–Crippen MR) is 77.4 cm³/mol. The van der Waals surface area contributed by atoms with Crippen LogP contribution in [-0.4, -0.2) is 11.6 Å². The fourth-order valence-corrected chi connectivity index (χ4v) is 2.91. The molecule has 0 bridgehead atoms. The Bertz CT molecular complexity index is 563. The van der Waals surface area contributed by atoms with E-state index in [4.69, 9.17) is 9.05 Å². The molecule has 0 aliphatic heterocycles. The summed E-state index contributed by atoms with van der Waals surface area (Å²) < 4.78 is 23.3. The SMILES string of the molecule is CCOP(=O)(NCc1cccnc1)Oc1ccccc1. The summed E-state index contributed by atoms with van der Waals surface area (Å²) in [6, 6.07) is 12.7. The number of nitrogens with one attached hydrogen (secondary N) is 1. The van der Waals surface area contributed by atoms with E-state index in [1.54, 1.807) is 31.5 Å². The van der Waals surface area contributed by atoms with Gasteiger partial charge in [-0.1, -0.05) is 24.3 Å². The highest BCUT2D eigenvalue weighted by atomic mass is 31.2. The van der Waals surface area contributed by atoms with Crippen molar-refractivity contribution in [3.05, 3.63) is 60.4 Å². The van der Waals surface area contributed by atoms with Gasteiger partial charge in [0.05, 0.1) is 6.61 Å². The summed E-state index contributed by atoms with van der Waals surface area (Å²) in [6.45, 7) is 2.43.